The van der Waals surface area contributed by atoms with Crippen molar-refractivity contribution >= 4 is 32.9 Å². The number of allylic oxidation sites excluding steroid dienone is 2. The summed E-state index contributed by atoms with van der Waals surface area (Å²) in [7, 11) is -2.71. The maximum atomic E-state index is 13.7. The van der Waals surface area contributed by atoms with Crippen LogP contribution < -0.4 is 10.6 Å². The quantitative estimate of drug-likeness (QED) is 0.470. The van der Waals surface area contributed by atoms with Crippen molar-refractivity contribution in [2.45, 2.75) is 39.9 Å². The predicted octanol–water partition coefficient (Wildman–Crippen LogP) is 2.98. The van der Waals surface area contributed by atoms with Gasteiger partial charge in [-0.1, -0.05) is 32.6 Å². The van der Waals surface area contributed by atoms with E-state index in [1.165, 1.54) is 0 Å². The van der Waals surface area contributed by atoms with Gasteiger partial charge in [-0.05, 0) is 24.5 Å². The van der Waals surface area contributed by atoms with E-state index in [4.69, 9.17) is 4.42 Å². The van der Waals surface area contributed by atoms with Gasteiger partial charge in [0.2, 0.25) is 10.0 Å². The van der Waals surface area contributed by atoms with E-state index < -0.39 is 61.1 Å². The fourth-order valence-corrected chi connectivity index (χ4v) is 5.28. The number of nitrogens with one attached hydrogen (secondary N) is 2. The molecule has 1 aromatic heterocycles. The highest BCUT2D eigenvalue weighted by molar-refractivity contribution is 7.93. The highest BCUT2D eigenvalue weighted by Crippen LogP contribution is 2.38. The summed E-state index contributed by atoms with van der Waals surface area (Å²) in [6.45, 7) is 7.49. The number of halogens is 3. The van der Waals surface area contributed by atoms with E-state index >= 15 is 0 Å². The van der Waals surface area contributed by atoms with Crippen molar-refractivity contribution in [1.82, 2.24) is 14.9 Å². The molecular weight excluding hydrogens is 535 g/mol. The minimum Gasteiger partial charge on any atom is -0.505 e. The second-order valence-electron chi connectivity index (χ2n) is 9.45. The molecule has 2 aliphatic rings. The van der Waals surface area contributed by atoms with Gasteiger partial charge in [0.1, 0.15) is 16.4 Å². The molecule has 0 radical (unpaired) electrons. The Labute approximate surface area is 215 Å². The normalized spacial score (nSPS) is 21.5. The van der Waals surface area contributed by atoms with E-state index in [-0.39, 0.29) is 11.7 Å². The SMILES string of the molecule is Cc1ccc(C(NC2=NS(=O)N=C2NC2=CC#CC(C(F)(F)F)C(S(=O)(=O)N(C)C)=C2O)C(C)(C)C)o1. The number of nitrogens with zero attached hydrogens (tertiary/aromatic N) is 3. The summed E-state index contributed by atoms with van der Waals surface area (Å²) < 4.78 is 92.9. The first-order valence-electron chi connectivity index (χ1n) is 10.8. The number of aryl methyl sites for hydroxylation is 1. The first-order chi connectivity index (χ1) is 16.9. The van der Waals surface area contributed by atoms with Crippen molar-refractivity contribution in [2.24, 2.45) is 20.1 Å². The molecule has 2 heterocycles. The van der Waals surface area contributed by atoms with Gasteiger partial charge >= 0.3 is 6.18 Å². The fourth-order valence-electron chi connectivity index (χ4n) is 3.42. The molecule has 0 saturated heterocycles. The maximum Gasteiger partial charge on any atom is 0.407 e. The first-order valence-corrected chi connectivity index (χ1v) is 13.3. The van der Waals surface area contributed by atoms with Crippen molar-refractivity contribution in [2.75, 3.05) is 14.1 Å². The Balaban J connectivity index is 2.02. The van der Waals surface area contributed by atoms with Gasteiger partial charge < -0.3 is 20.2 Å². The maximum absolute atomic E-state index is 13.7. The molecule has 202 valence electrons. The molecule has 3 atom stereocenters. The van der Waals surface area contributed by atoms with Crippen LogP contribution in [0.3, 0.4) is 0 Å². The Morgan fingerprint density at radius 1 is 1.19 bits per heavy atom. The molecule has 0 fully saturated rings. The molecule has 0 saturated carbocycles. The Morgan fingerprint density at radius 3 is 2.32 bits per heavy atom. The molecule has 1 aliphatic carbocycles. The van der Waals surface area contributed by atoms with E-state index in [2.05, 4.69) is 25.3 Å². The molecule has 1 aromatic rings. The third kappa shape index (κ3) is 6.08. The minimum absolute atomic E-state index is 0.0393. The highest BCUT2D eigenvalue weighted by atomic mass is 32.2. The number of sulfonamides is 1. The molecule has 0 spiro atoms. The van der Waals surface area contributed by atoms with Crippen molar-refractivity contribution in [3.05, 3.63) is 46.1 Å². The highest BCUT2D eigenvalue weighted by Gasteiger charge is 2.49. The summed E-state index contributed by atoms with van der Waals surface area (Å²) in [4.78, 5) is -1.35. The summed E-state index contributed by atoms with van der Waals surface area (Å²) in [6.07, 6.45) is -4.21. The first kappa shape index (κ1) is 28.5. The van der Waals surface area contributed by atoms with Crippen LogP contribution in [-0.4, -0.2) is 54.0 Å². The lowest BCUT2D eigenvalue weighted by molar-refractivity contribution is -0.148. The van der Waals surface area contributed by atoms with Gasteiger partial charge in [0.15, 0.2) is 23.3 Å². The Kier molecular flexibility index (Phi) is 7.69. The topological polar surface area (TPSA) is 137 Å². The monoisotopic (exact) mass is 561 g/mol. The number of alkyl halides is 3. The van der Waals surface area contributed by atoms with Gasteiger partial charge in [-0.2, -0.15) is 13.2 Å². The van der Waals surface area contributed by atoms with Crippen molar-refractivity contribution in [3.8, 4) is 11.8 Å². The largest absolute Gasteiger partial charge is 0.505 e. The van der Waals surface area contributed by atoms with Crippen molar-refractivity contribution < 1.29 is 35.3 Å². The summed E-state index contributed by atoms with van der Waals surface area (Å²) in [5.41, 5.74) is -0.947. The van der Waals surface area contributed by atoms with Gasteiger partial charge in [-0.15, -0.1) is 8.80 Å². The second-order valence-corrected chi connectivity index (χ2v) is 12.4. The van der Waals surface area contributed by atoms with Crippen LogP contribution in [0.15, 0.2) is 47.8 Å². The zero-order chi connectivity index (χ0) is 27.9. The molecule has 3 unspecified atom stereocenters. The van der Waals surface area contributed by atoms with Crippen LogP contribution in [0.2, 0.25) is 0 Å². The van der Waals surface area contributed by atoms with Crippen LogP contribution in [0.25, 0.3) is 0 Å². The lowest BCUT2D eigenvalue weighted by Gasteiger charge is -2.30. The molecule has 3 rings (SSSR count). The van der Waals surface area contributed by atoms with E-state index in [0.717, 1.165) is 20.2 Å². The number of hydrogen-bond acceptors (Lipinski definition) is 7. The molecule has 15 heteroatoms. The van der Waals surface area contributed by atoms with Gasteiger partial charge in [-0.25, -0.2) is 16.9 Å². The van der Waals surface area contributed by atoms with E-state index in [0.29, 0.717) is 15.8 Å². The molecule has 3 N–H and O–H groups in total. The van der Waals surface area contributed by atoms with Crippen LogP contribution in [0.1, 0.15) is 38.3 Å². The third-order valence-electron chi connectivity index (χ3n) is 5.29. The molecular formula is C22H26F3N5O5S2. The zero-order valence-corrected chi connectivity index (χ0v) is 22.4. The van der Waals surface area contributed by atoms with Crippen LogP contribution >= 0.6 is 0 Å². The van der Waals surface area contributed by atoms with E-state index in [1.54, 1.807) is 19.1 Å². The minimum atomic E-state index is -5.09. The third-order valence-corrected chi connectivity index (χ3v) is 7.91. The number of furan rings is 1. The van der Waals surface area contributed by atoms with Crippen LogP contribution in [0.4, 0.5) is 13.2 Å². The average Bonchev–Trinajstić information content (AvgIpc) is 3.27. The molecule has 1 aliphatic heterocycles. The van der Waals surface area contributed by atoms with Crippen LogP contribution in [-0.2, 0) is 21.2 Å². The number of aliphatic hydroxyl groups excluding tert-OH is 1. The number of amidine groups is 2. The lowest BCUT2D eigenvalue weighted by atomic mass is 9.85. The molecule has 0 amide bonds. The summed E-state index contributed by atoms with van der Waals surface area (Å²) in [6, 6.07) is 3.01. The van der Waals surface area contributed by atoms with Gasteiger partial charge in [0.05, 0.1) is 11.7 Å². The lowest BCUT2D eigenvalue weighted by Crippen LogP contribution is -2.44. The Bertz CT molecular complexity index is 1400. The zero-order valence-electron chi connectivity index (χ0n) is 20.8. The van der Waals surface area contributed by atoms with Crippen LogP contribution in [0, 0.1) is 30.1 Å². The van der Waals surface area contributed by atoms with Crippen molar-refractivity contribution in [1.29, 1.82) is 0 Å². The van der Waals surface area contributed by atoms with Gasteiger partial charge in [-0.3, -0.25) is 0 Å². The summed E-state index contributed by atoms with van der Waals surface area (Å²) in [5.74, 6) is 0.920. The molecule has 0 aromatic carbocycles. The fraction of sp³-hybridized carbons (Fsp3) is 0.455. The number of aliphatic hydroxyl groups is 1. The average molecular weight is 562 g/mol. The van der Waals surface area contributed by atoms with Gasteiger partial charge in [0.25, 0.3) is 11.2 Å². The predicted molar refractivity (Wildman–Crippen MR) is 133 cm³/mol. The van der Waals surface area contributed by atoms with E-state index in [9.17, 15) is 30.9 Å². The molecule has 10 nitrogen and oxygen atoms in total. The standard InChI is InChI=1S/C22H26F3N5O5S2/c1-12-10-11-15(35-12)18(21(2,3)4)27-20-19(28-36(32)29-20)26-14-9-7-8-13(22(23,24)25)17(16(14)31)37(33,34)30(5)6/h9-11,13,18,31H,1-6H3,(H,26,28)(H,27,29). The van der Waals surface area contributed by atoms with Crippen molar-refractivity contribution in [3.63, 3.8) is 0 Å². The Hall–Kier alpha value is -3.09. The number of hydrogen-bond donors (Lipinski definition) is 3. The molecule has 37 heavy (non-hydrogen) atoms. The second kappa shape index (κ2) is 9.99. The Morgan fingerprint density at radius 2 is 1.81 bits per heavy atom. The smallest absolute Gasteiger partial charge is 0.407 e. The van der Waals surface area contributed by atoms with Crippen LogP contribution in [0.5, 0.6) is 0 Å². The van der Waals surface area contributed by atoms with E-state index in [1.807, 2.05) is 26.7 Å². The molecule has 0 bridgehead atoms. The summed E-state index contributed by atoms with van der Waals surface area (Å²) >= 11 is -2.10. The summed E-state index contributed by atoms with van der Waals surface area (Å²) in [5, 5.41) is 16.4. The number of rotatable bonds is 5. The van der Waals surface area contributed by atoms with Gasteiger partial charge in [0, 0.05) is 20.2 Å².